The summed E-state index contributed by atoms with van der Waals surface area (Å²) in [6, 6.07) is 12.3. The van der Waals surface area contributed by atoms with Crippen LogP contribution in [0.1, 0.15) is 44.7 Å². The Hall–Kier alpha value is -2.20. The van der Waals surface area contributed by atoms with Gasteiger partial charge in [0, 0.05) is 42.5 Å². The molecule has 1 aliphatic heterocycles. The molecule has 0 bridgehead atoms. The lowest BCUT2D eigenvalue weighted by molar-refractivity contribution is 0.158. The van der Waals surface area contributed by atoms with Gasteiger partial charge in [0.15, 0.2) is 0 Å². The zero-order valence-electron chi connectivity index (χ0n) is 18.3. The van der Waals surface area contributed by atoms with E-state index in [1.807, 2.05) is 0 Å². The summed E-state index contributed by atoms with van der Waals surface area (Å²) in [5, 5.41) is 1.22. The number of allylic oxidation sites excluding steroid dienone is 1. The number of dihydropyridines is 1. The fourth-order valence-electron chi connectivity index (χ4n) is 5.11. The van der Waals surface area contributed by atoms with E-state index in [0.29, 0.717) is 18.1 Å². The van der Waals surface area contributed by atoms with Gasteiger partial charge in [-0.15, -0.1) is 0 Å². The standard InChI is InChI=1S/C25H34N4/c1-18-9-7-11-21(26-18)17-28(3)22-12-5-6-13-23(22)29(4)24-14-8-10-20-16-15-19(2)27-25(20)24/h7-10,14-16,21-23H,5-6,11-13,17H2,1-4H3/t21?,22-,23-/m0/s1. The molecule has 1 unspecified atom stereocenters. The summed E-state index contributed by atoms with van der Waals surface area (Å²) in [6.45, 7) is 5.22. The topological polar surface area (TPSA) is 31.7 Å². The third-order valence-electron chi connectivity index (χ3n) is 6.63. The molecule has 154 valence electrons. The first kappa shape index (κ1) is 20.1. The SMILES string of the molecule is CC1=NC(CN(C)[C@H]2CCCC[C@@H]2N(C)c2cccc3ccc(C)nc23)CC=C1. The van der Waals surface area contributed by atoms with Gasteiger partial charge in [0.05, 0.1) is 17.2 Å². The van der Waals surface area contributed by atoms with E-state index in [1.54, 1.807) is 0 Å². The number of hydrogen-bond acceptors (Lipinski definition) is 4. The van der Waals surface area contributed by atoms with E-state index >= 15 is 0 Å². The van der Waals surface area contributed by atoms with Crippen LogP contribution >= 0.6 is 0 Å². The molecule has 1 aromatic carbocycles. The first-order chi connectivity index (χ1) is 14.0. The number of anilines is 1. The number of nitrogens with zero attached hydrogens (tertiary/aromatic N) is 4. The Labute approximate surface area is 175 Å². The Morgan fingerprint density at radius 3 is 2.59 bits per heavy atom. The van der Waals surface area contributed by atoms with Crippen molar-refractivity contribution in [2.75, 3.05) is 25.5 Å². The van der Waals surface area contributed by atoms with E-state index in [-0.39, 0.29) is 0 Å². The van der Waals surface area contributed by atoms with Crippen LogP contribution in [0.5, 0.6) is 0 Å². The molecule has 4 nitrogen and oxygen atoms in total. The van der Waals surface area contributed by atoms with Crippen molar-refractivity contribution in [3.8, 4) is 0 Å². The van der Waals surface area contributed by atoms with Crippen LogP contribution in [0.3, 0.4) is 0 Å². The van der Waals surface area contributed by atoms with Crippen molar-refractivity contribution >= 4 is 22.3 Å². The largest absolute Gasteiger partial charge is 0.368 e. The number of hydrogen-bond donors (Lipinski definition) is 0. The van der Waals surface area contributed by atoms with Gasteiger partial charge >= 0.3 is 0 Å². The van der Waals surface area contributed by atoms with Crippen LogP contribution in [0, 0.1) is 6.92 Å². The van der Waals surface area contributed by atoms with Gasteiger partial charge in [0.2, 0.25) is 0 Å². The molecule has 2 heterocycles. The van der Waals surface area contributed by atoms with Crippen LogP contribution < -0.4 is 4.90 Å². The van der Waals surface area contributed by atoms with Crippen LogP contribution in [-0.4, -0.2) is 54.4 Å². The molecule has 0 radical (unpaired) electrons. The van der Waals surface area contributed by atoms with E-state index in [1.165, 1.54) is 36.8 Å². The molecule has 1 saturated carbocycles. The highest BCUT2D eigenvalue weighted by molar-refractivity contribution is 5.93. The lowest BCUT2D eigenvalue weighted by atomic mass is 9.87. The molecule has 3 atom stereocenters. The molecule has 4 heteroatoms. The fourth-order valence-corrected chi connectivity index (χ4v) is 5.11. The molecular weight excluding hydrogens is 356 g/mol. The predicted octanol–water partition coefficient (Wildman–Crippen LogP) is 5.01. The Morgan fingerprint density at radius 1 is 1.00 bits per heavy atom. The summed E-state index contributed by atoms with van der Waals surface area (Å²) >= 11 is 0. The fraction of sp³-hybridized carbons (Fsp3) is 0.520. The molecule has 0 N–H and O–H groups in total. The second-order valence-electron chi connectivity index (χ2n) is 8.83. The van der Waals surface area contributed by atoms with Crippen molar-refractivity contribution in [2.24, 2.45) is 4.99 Å². The number of aryl methyl sites for hydroxylation is 1. The maximum absolute atomic E-state index is 4.88. The van der Waals surface area contributed by atoms with Crippen LogP contribution in [0.25, 0.3) is 10.9 Å². The minimum atomic E-state index is 0.389. The minimum Gasteiger partial charge on any atom is -0.368 e. The third-order valence-corrected chi connectivity index (χ3v) is 6.63. The highest BCUT2D eigenvalue weighted by atomic mass is 15.2. The average Bonchev–Trinajstić information content (AvgIpc) is 2.73. The second kappa shape index (κ2) is 8.66. The lowest BCUT2D eigenvalue weighted by Crippen LogP contribution is -2.52. The van der Waals surface area contributed by atoms with E-state index in [4.69, 9.17) is 9.98 Å². The normalized spacial score (nSPS) is 24.7. The molecular formula is C25H34N4. The maximum Gasteiger partial charge on any atom is 0.0938 e. The Balaban J connectivity index is 1.57. The lowest BCUT2D eigenvalue weighted by Gasteiger charge is -2.44. The van der Waals surface area contributed by atoms with E-state index in [0.717, 1.165) is 29.9 Å². The summed E-state index contributed by atoms with van der Waals surface area (Å²) in [6.07, 6.45) is 10.6. The molecule has 4 rings (SSSR count). The summed E-state index contributed by atoms with van der Waals surface area (Å²) in [5.74, 6) is 0. The van der Waals surface area contributed by atoms with Crippen molar-refractivity contribution < 1.29 is 0 Å². The molecule has 1 fully saturated rings. The van der Waals surface area contributed by atoms with Gasteiger partial charge in [-0.05, 0) is 58.4 Å². The van der Waals surface area contributed by atoms with Gasteiger partial charge in [-0.1, -0.05) is 37.1 Å². The molecule has 1 aromatic heterocycles. The summed E-state index contributed by atoms with van der Waals surface area (Å²) in [4.78, 5) is 14.8. The van der Waals surface area contributed by atoms with Crippen molar-refractivity contribution in [1.29, 1.82) is 0 Å². The van der Waals surface area contributed by atoms with Crippen molar-refractivity contribution in [2.45, 2.75) is 64.1 Å². The third kappa shape index (κ3) is 4.37. The highest BCUT2D eigenvalue weighted by Crippen LogP contribution is 2.33. The number of aliphatic imine (C=N–C) groups is 1. The molecule has 2 aliphatic rings. The number of fused-ring (bicyclic) bond motifs is 1. The predicted molar refractivity (Wildman–Crippen MR) is 124 cm³/mol. The number of pyridine rings is 1. The van der Waals surface area contributed by atoms with Crippen molar-refractivity contribution in [3.05, 3.63) is 48.2 Å². The Bertz CT molecular complexity index is 916. The first-order valence-corrected chi connectivity index (χ1v) is 11.0. The molecule has 2 aromatic rings. The van der Waals surface area contributed by atoms with E-state index in [2.05, 4.69) is 80.2 Å². The minimum absolute atomic E-state index is 0.389. The second-order valence-corrected chi connectivity index (χ2v) is 8.83. The van der Waals surface area contributed by atoms with Gasteiger partial charge in [0.25, 0.3) is 0 Å². The zero-order valence-corrected chi connectivity index (χ0v) is 18.3. The van der Waals surface area contributed by atoms with Gasteiger partial charge < -0.3 is 4.90 Å². The van der Waals surface area contributed by atoms with Crippen molar-refractivity contribution in [1.82, 2.24) is 9.88 Å². The number of rotatable bonds is 5. The smallest absolute Gasteiger partial charge is 0.0938 e. The van der Waals surface area contributed by atoms with E-state index in [9.17, 15) is 0 Å². The molecule has 0 spiro atoms. The number of likely N-dealkylation sites (N-methyl/N-ethyl adjacent to an activating group) is 2. The summed E-state index contributed by atoms with van der Waals surface area (Å²) in [7, 11) is 4.56. The van der Waals surface area contributed by atoms with Crippen LogP contribution in [0.15, 0.2) is 47.5 Å². The van der Waals surface area contributed by atoms with Gasteiger partial charge in [0.1, 0.15) is 0 Å². The highest BCUT2D eigenvalue weighted by Gasteiger charge is 2.33. The van der Waals surface area contributed by atoms with Crippen LogP contribution in [-0.2, 0) is 0 Å². The maximum atomic E-state index is 4.88. The number of para-hydroxylation sites is 1. The number of aromatic nitrogens is 1. The molecule has 29 heavy (non-hydrogen) atoms. The molecule has 1 aliphatic carbocycles. The van der Waals surface area contributed by atoms with Crippen LogP contribution in [0.2, 0.25) is 0 Å². The first-order valence-electron chi connectivity index (χ1n) is 11.0. The van der Waals surface area contributed by atoms with Gasteiger partial charge in [-0.25, -0.2) is 0 Å². The summed E-state index contributed by atoms with van der Waals surface area (Å²) < 4.78 is 0. The van der Waals surface area contributed by atoms with Gasteiger partial charge in [-0.3, -0.25) is 14.9 Å². The zero-order chi connectivity index (χ0) is 20.4. The Kier molecular flexibility index (Phi) is 6.00. The summed E-state index contributed by atoms with van der Waals surface area (Å²) in [5.41, 5.74) is 4.61. The average molecular weight is 391 g/mol. The molecule has 0 amide bonds. The van der Waals surface area contributed by atoms with Crippen molar-refractivity contribution in [3.63, 3.8) is 0 Å². The van der Waals surface area contributed by atoms with Crippen LogP contribution in [0.4, 0.5) is 5.69 Å². The van der Waals surface area contributed by atoms with E-state index < -0.39 is 0 Å². The van der Waals surface area contributed by atoms with Gasteiger partial charge in [-0.2, -0.15) is 0 Å². The quantitative estimate of drug-likeness (QED) is 0.719. The molecule has 0 saturated heterocycles. The Morgan fingerprint density at radius 2 is 1.79 bits per heavy atom. The monoisotopic (exact) mass is 390 g/mol. The number of benzene rings is 1.